The second kappa shape index (κ2) is 9.56. The molecule has 0 saturated carbocycles. The molecule has 1 N–H and O–H groups in total. The van der Waals surface area contributed by atoms with Gasteiger partial charge in [-0.3, -0.25) is 4.79 Å². The molecule has 3 rings (SSSR count). The summed E-state index contributed by atoms with van der Waals surface area (Å²) in [7, 11) is 1.51. The van der Waals surface area contributed by atoms with Crippen molar-refractivity contribution >= 4 is 5.91 Å². The average Bonchev–Trinajstić information content (AvgIpc) is 2.77. The molecule has 3 aromatic carbocycles. The Labute approximate surface area is 186 Å². The fraction of sp³-hybridized carbons (Fsp3) is 0.208. The lowest BCUT2D eigenvalue weighted by atomic mass is 9.99. The smallest absolute Gasteiger partial charge is 0.416 e. The van der Waals surface area contributed by atoms with Crippen LogP contribution in [0.15, 0.2) is 66.7 Å². The minimum absolute atomic E-state index is 0.0759. The van der Waals surface area contributed by atoms with Gasteiger partial charge in [-0.15, -0.1) is 0 Å². The lowest BCUT2D eigenvalue weighted by Gasteiger charge is -2.15. The summed E-state index contributed by atoms with van der Waals surface area (Å²) in [5.74, 6) is 0.0872. The van der Waals surface area contributed by atoms with Crippen LogP contribution in [0.1, 0.15) is 27.0 Å². The molecule has 1 amide bonds. The maximum Gasteiger partial charge on any atom is 0.416 e. The third-order valence-electron chi connectivity index (χ3n) is 4.90. The molecule has 0 unspecified atom stereocenters. The molecule has 0 aliphatic carbocycles. The number of amides is 1. The van der Waals surface area contributed by atoms with Gasteiger partial charge in [0, 0.05) is 12.1 Å². The SMILES string of the molecule is COc1cccc(-c2ccccc2C(=O)NCCc2cc(C(F)(F)F)cc(C(F)(F)F)c2)c1. The van der Waals surface area contributed by atoms with Crippen molar-refractivity contribution in [3.8, 4) is 16.9 Å². The highest BCUT2D eigenvalue weighted by Crippen LogP contribution is 2.36. The summed E-state index contributed by atoms with van der Waals surface area (Å²) in [5, 5.41) is 2.57. The molecule has 0 fully saturated rings. The first-order valence-electron chi connectivity index (χ1n) is 9.79. The van der Waals surface area contributed by atoms with Crippen LogP contribution in [0.25, 0.3) is 11.1 Å². The minimum atomic E-state index is -4.92. The minimum Gasteiger partial charge on any atom is -0.497 e. The van der Waals surface area contributed by atoms with Crippen LogP contribution < -0.4 is 10.1 Å². The monoisotopic (exact) mass is 467 g/mol. The number of halogens is 6. The summed E-state index contributed by atoms with van der Waals surface area (Å²) in [6.45, 7) is -0.149. The number of methoxy groups -OCH3 is 1. The van der Waals surface area contributed by atoms with Gasteiger partial charge < -0.3 is 10.1 Å². The molecule has 0 aliphatic rings. The molecule has 174 valence electrons. The van der Waals surface area contributed by atoms with E-state index >= 15 is 0 Å². The molecule has 3 aromatic rings. The lowest BCUT2D eigenvalue weighted by molar-refractivity contribution is -0.143. The van der Waals surface area contributed by atoms with Crippen molar-refractivity contribution in [3.05, 3.63) is 89.0 Å². The van der Waals surface area contributed by atoms with Crippen LogP contribution in [-0.2, 0) is 18.8 Å². The molecule has 0 heterocycles. The first kappa shape index (κ1) is 24.2. The van der Waals surface area contributed by atoms with Crippen LogP contribution in [0.2, 0.25) is 0 Å². The summed E-state index contributed by atoms with van der Waals surface area (Å²) >= 11 is 0. The van der Waals surface area contributed by atoms with Gasteiger partial charge in [0.15, 0.2) is 0 Å². The quantitative estimate of drug-likeness (QED) is 0.428. The van der Waals surface area contributed by atoms with E-state index in [1.54, 1.807) is 48.5 Å². The number of nitrogens with one attached hydrogen (secondary N) is 1. The highest BCUT2D eigenvalue weighted by atomic mass is 19.4. The van der Waals surface area contributed by atoms with Crippen molar-refractivity contribution < 1.29 is 35.9 Å². The number of alkyl halides is 6. The molecule has 0 bridgehead atoms. The molecular formula is C24H19F6NO2. The van der Waals surface area contributed by atoms with E-state index in [1.165, 1.54) is 7.11 Å². The van der Waals surface area contributed by atoms with Gasteiger partial charge in [0.2, 0.25) is 0 Å². The summed E-state index contributed by atoms with van der Waals surface area (Å²) in [6.07, 6.45) is -10.1. The first-order valence-corrected chi connectivity index (χ1v) is 9.79. The number of ether oxygens (including phenoxy) is 1. The maximum absolute atomic E-state index is 13.0. The van der Waals surface area contributed by atoms with E-state index < -0.39 is 29.4 Å². The Bertz CT molecular complexity index is 1110. The Morgan fingerprint density at radius 3 is 2.09 bits per heavy atom. The molecule has 0 atom stereocenters. The summed E-state index contributed by atoms with van der Waals surface area (Å²) in [5.41, 5.74) is -1.33. The molecular weight excluding hydrogens is 448 g/mol. The van der Waals surface area contributed by atoms with Crippen molar-refractivity contribution in [1.29, 1.82) is 0 Å². The van der Waals surface area contributed by atoms with E-state index in [1.807, 2.05) is 0 Å². The molecule has 3 nitrogen and oxygen atoms in total. The molecule has 33 heavy (non-hydrogen) atoms. The van der Waals surface area contributed by atoms with Crippen molar-refractivity contribution in [2.45, 2.75) is 18.8 Å². The first-order chi connectivity index (χ1) is 15.5. The average molecular weight is 467 g/mol. The molecule has 0 radical (unpaired) electrons. The van der Waals surface area contributed by atoms with E-state index in [0.717, 1.165) is 0 Å². The van der Waals surface area contributed by atoms with Gasteiger partial charge in [-0.25, -0.2) is 0 Å². The number of carbonyl (C=O) groups is 1. The molecule has 0 spiro atoms. The predicted octanol–water partition coefficient (Wildman–Crippen LogP) is 6.37. The Morgan fingerprint density at radius 1 is 0.848 bits per heavy atom. The number of hydrogen-bond acceptors (Lipinski definition) is 2. The molecule has 0 saturated heterocycles. The van der Waals surface area contributed by atoms with Crippen molar-refractivity contribution in [2.75, 3.05) is 13.7 Å². The summed E-state index contributed by atoms with van der Waals surface area (Å²) in [6, 6.07) is 15.1. The predicted molar refractivity (Wildman–Crippen MR) is 111 cm³/mol. The van der Waals surface area contributed by atoms with E-state index in [2.05, 4.69) is 5.32 Å². The molecule has 0 aliphatic heterocycles. The van der Waals surface area contributed by atoms with Crippen molar-refractivity contribution in [1.82, 2.24) is 5.32 Å². The van der Waals surface area contributed by atoms with E-state index in [0.29, 0.717) is 34.6 Å². The van der Waals surface area contributed by atoms with Crippen LogP contribution in [0, 0.1) is 0 Å². The van der Waals surface area contributed by atoms with Gasteiger partial charge in [0.05, 0.1) is 18.2 Å². The van der Waals surface area contributed by atoms with Gasteiger partial charge in [-0.2, -0.15) is 26.3 Å². The maximum atomic E-state index is 13.0. The zero-order valence-corrected chi connectivity index (χ0v) is 17.3. The second-order valence-electron chi connectivity index (χ2n) is 7.20. The van der Waals surface area contributed by atoms with Gasteiger partial charge in [-0.1, -0.05) is 30.3 Å². The fourth-order valence-electron chi connectivity index (χ4n) is 3.30. The normalized spacial score (nSPS) is 11.8. The summed E-state index contributed by atoms with van der Waals surface area (Å²) < 4.78 is 83.3. The molecule has 9 heteroatoms. The van der Waals surface area contributed by atoms with Crippen LogP contribution in [-0.4, -0.2) is 19.6 Å². The number of rotatable bonds is 6. The van der Waals surface area contributed by atoms with E-state index in [9.17, 15) is 31.1 Å². The van der Waals surface area contributed by atoms with Gasteiger partial charge in [0.25, 0.3) is 5.91 Å². The van der Waals surface area contributed by atoms with Crippen LogP contribution in [0.4, 0.5) is 26.3 Å². The topological polar surface area (TPSA) is 38.3 Å². The highest BCUT2D eigenvalue weighted by Gasteiger charge is 2.36. The second-order valence-corrected chi connectivity index (χ2v) is 7.20. The van der Waals surface area contributed by atoms with Gasteiger partial charge in [-0.05, 0) is 59.5 Å². The van der Waals surface area contributed by atoms with Crippen LogP contribution in [0.5, 0.6) is 5.75 Å². The van der Waals surface area contributed by atoms with Gasteiger partial charge in [0.1, 0.15) is 5.75 Å². The number of hydrogen-bond donors (Lipinski definition) is 1. The largest absolute Gasteiger partial charge is 0.497 e. The zero-order chi connectivity index (χ0) is 24.2. The number of carbonyl (C=O) groups excluding carboxylic acids is 1. The lowest BCUT2D eigenvalue weighted by Crippen LogP contribution is -2.26. The van der Waals surface area contributed by atoms with Crippen LogP contribution in [0.3, 0.4) is 0 Å². The van der Waals surface area contributed by atoms with Crippen LogP contribution >= 0.6 is 0 Å². The third-order valence-corrected chi connectivity index (χ3v) is 4.90. The Hall–Kier alpha value is -3.49. The number of benzene rings is 3. The molecule has 0 aromatic heterocycles. The third kappa shape index (κ3) is 6.06. The summed E-state index contributed by atoms with van der Waals surface area (Å²) in [4.78, 5) is 12.7. The van der Waals surface area contributed by atoms with Crippen molar-refractivity contribution in [3.63, 3.8) is 0 Å². The van der Waals surface area contributed by atoms with Gasteiger partial charge >= 0.3 is 12.4 Å². The standard InChI is InChI=1S/C24H19F6NO2/c1-33-19-6-4-5-16(13-19)20-7-2-3-8-21(20)22(32)31-10-9-15-11-17(23(25,26)27)14-18(12-15)24(28,29)30/h2-8,11-14H,9-10H2,1H3,(H,31,32). The van der Waals surface area contributed by atoms with E-state index in [-0.39, 0.29) is 24.6 Å². The fourth-order valence-corrected chi connectivity index (χ4v) is 3.30. The Kier molecular flexibility index (Phi) is 7.00. The Morgan fingerprint density at radius 2 is 1.48 bits per heavy atom. The van der Waals surface area contributed by atoms with Crippen molar-refractivity contribution in [2.24, 2.45) is 0 Å². The highest BCUT2D eigenvalue weighted by molar-refractivity contribution is 6.00. The Balaban J connectivity index is 1.78. The zero-order valence-electron chi connectivity index (χ0n) is 17.3. The van der Waals surface area contributed by atoms with E-state index in [4.69, 9.17) is 4.74 Å².